The van der Waals surface area contributed by atoms with Crippen molar-refractivity contribution in [3.63, 3.8) is 0 Å². The third kappa shape index (κ3) is 4.89. The van der Waals surface area contributed by atoms with Crippen LogP contribution in [0.4, 0.5) is 5.69 Å². The lowest BCUT2D eigenvalue weighted by Gasteiger charge is -2.41. The Kier molecular flexibility index (Phi) is 8.05. The maximum atomic E-state index is 13.0. The van der Waals surface area contributed by atoms with Crippen molar-refractivity contribution in [3.8, 4) is 5.75 Å². The first-order chi connectivity index (χ1) is 13.6. The van der Waals surface area contributed by atoms with E-state index in [1.54, 1.807) is 12.0 Å². The SMILES string of the molecule is COc1ccccc1C1C(C(=O)NCCN)CCC(=O)N1c1ccc(C)cc1.Cl. The number of piperidine rings is 1. The summed E-state index contributed by atoms with van der Waals surface area (Å²) in [7, 11) is 1.60. The zero-order valence-corrected chi connectivity index (χ0v) is 17.6. The highest BCUT2D eigenvalue weighted by Gasteiger charge is 2.42. The summed E-state index contributed by atoms with van der Waals surface area (Å²) < 4.78 is 5.56. The molecule has 0 saturated carbocycles. The van der Waals surface area contributed by atoms with E-state index in [1.165, 1.54) is 0 Å². The molecule has 2 unspecified atom stereocenters. The molecule has 6 nitrogen and oxygen atoms in total. The van der Waals surface area contributed by atoms with Gasteiger partial charge in [0, 0.05) is 30.8 Å². The molecule has 0 aliphatic carbocycles. The van der Waals surface area contributed by atoms with Crippen molar-refractivity contribution in [1.82, 2.24) is 5.32 Å². The summed E-state index contributed by atoms with van der Waals surface area (Å²) in [6.45, 7) is 2.79. The quantitative estimate of drug-likeness (QED) is 0.756. The van der Waals surface area contributed by atoms with Crippen LogP contribution in [0.15, 0.2) is 48.5 Å². The second kappa shape index (κ2) is 10.3. The van der Waals surface area contributed by atoms with Gasteiger partial charge in [0.2, 0.25) is 11.8 Å². The number of benzene rings is 2. The van der Waals surface area contributed by atoms with Gasteiger partial charge in [0.15, 0.2) is 0 Å². The number of nitrogens with one attached hydrogen (secondary N) is 1. The molecule has 1 heterocycles. The van der Waals surface area contributed by atoms with Crippen LogP contribution in [0.2, 0.25) is 0 Å². The molecule has 0 radical (unpaired) electrons. The van der Waals surface area contributed by atoms with Crippen molar-refractivity contribution in [3.05, 3.63) is 59.7 Å². The number of nitrogens with two attached hydrogens (primary N) is 1. The fraction of sp³-hybridized carbons (Fsp3) is 0.364. The minimum atomic E-state index is -0.446. The molecule has 2 amide bonds. The first kappa shape index (κ1) is 22.7. The molecule has 29 heavy (non-hydrogen) atoms. The van der Waals surface area contributed by atoms with Crippen LogP contribution < -0.4 is 20.7 Å². The second-order valence-corrected chi connectivity index (χ2v) is 7.01. The van der Waals surface area contributed by atoms with Crippen LogP contribution in [0.5, 0.6) is 5.75 Å². The Hall–Kier alpha value is -2.57. The normalized spacial score (nSPS) is 18.7. The summed E-state index contributed by atoms with van der Waals surface area (Å²) in [6, 6.07) is 14.9. The number of nitrogens with zero attached hydrogens (tertiary/aromatic N) is 1. The highest BCUT2D eigenvalue weighted by Crippen LogP contribution is 2.43. The zero-order chi connectivity index (χ0) is 20.1. The van der Waals surface area contributed by atoms with Crippen LogP contribution in [0.3, 0.4) is 0 Å². The lowest BCUT2D eigenvalue weighted by atomic mass is 9.82. The molecule has 3 N–H and O–H groups in total. The molecule has 2 aromatic carbocycles. The predicted octanol–water partition coefficient (Wildman–Crippen LogP) is 2.98. The lowest BCUT2D eigenvalue weighted by Crippen LogP contribution is -2.49. The summed E-state index contributed by atoms with van der Waals surface area (Å²) in [5.41, 5.74) is 8.27. The number of anilines is 1. The summed E-state index contributed by atoms with van der Waals surface area (Å²) >= 11 is 0. The van der Waals surface area contributed by atoms with Gasteiger partial charge < -0.3 is 20.7 Å². The highest BCUT2D eigenvalue weighted by atomic mass is 35.5. The maximum absolute atomic E-state index is 13.0. The Bertz CT molecular complexity index is 841. The average Bonchev–Trinajstić information content (AvgIpc) is 2.72. The monoisotopic (exact) mass is 417 g/mol. The van der Waals surface area contributed by atoms with E-state index >= 15 is 0 Å². The van der Waals surface area contributed by atoms with Gasteiger partial charge in [0.05, 0.1) is 19.1 Å². The standard InChI is InChI=1S/C22H27N3O3.ClH/c1-15-7-9-16(10-8-15)25-20(26)12-11-18(22(27)24-14-13-23)21(25)17-5-3-4-6-19(17)28-2;/h3-10,18,21H,11-14,23H2,1-2H3,(H,24,27);1H. The number of aryl methyl sites for hydroxylation is 1. The molecule has 156 valence electrons. The predicted molar refractivity (Wildman–Crippen MR) is 116 cm³/mol. The van der Waals surface area contributed by atoms with Crippen LogP contribution in [0.1, 0.15) is 30.0 Å². The molecule has 0 aromatic heterocycles. The van der Waals surface area contributed by atoms with Gasteiger partial charge >= 0.3 is 0 Å². The molecular formula is C22H28ClN3O3. The number of methoxy groups -OCH3 is 1. The minimum Gasteiger partial charge on any atom is -0.496 e. The Morgan fingerprint density at radius 2 is 1.90 bits per heavy atom. The topological polar surface area (TPSA) is 84.7 Å². The summed E-state index contributed by atoms with van der Waals surface area (Å²) in [5.74, 6) is 0.186. The number of hydrogen-bond acceptors (Lipinski definition) is 4. The molecule has 0 spiro atoms. The number of amides is 2. The van der Waals surface area contributed by atoms with Gasteiger partial charge in [-0.3, -0.25) is 9.59 Å². The zero-order valence-electron chi connectivity index (χ0n) is 16.8. The Balaban J connectivity index is 0.00000300. The fourth-order valence-electron chi connectivity index (χ4n) is 3.77. The van der Waals surface area contributed by atoms with E-state index in [1.807, 2.05) is 55.5 Å². The molecule has 3 rings (SSSR count). The van der Waals surface area contributed by atoms with E-state index in [9.17, 15) is 9.59 Å². The number of halogens is 1. The third-order valence-corrected chi connectivity index (χ3v) is 5.15. The Morgan fingerprint density at radius 1 is 1.21 bits per heavy atom. The third-order valence-electron chi connectivity index (χ3n) is 5.15. The van der Waals surface area contributed by atoms with Crippen LogP contribution in [0, 0.1) is 12.8 Å². The van der Waals surface area contributed by atoms with Gasteiger partial charge in [-0.05, 0) is 31.5 Å². The number of carbonyl (C=O) groups excluding carboxylic acids is 2. The Morgan fingerprint density at radius 3 is 2.55 bits per heavy atom. The molecule has 7 heteroatoms. The second-order valence-electron chi connectivity index (χ2n) is 7.01. The van der Waals surface area contributed by atoms with Crippen molar-refractivity contribution >= 4 is 29.9 Å². The van der Waals surface area contributed by atoms with Crippen LogP contribution in [0.25, 0.3) is 0 Å². The number of hydrogen-bond donors (Lipinski definition) is 2. The average molecular weight is 418 g/mol. The van der Waals surface area contributed by atoms with Gasteiger partial charge in [0.25, 0.3) is 0 Å². The van der Waals surface area contributed by atoms with E-state index in [-0.39, 0.29) is 30.1 Å². The lowest BCUT2D eigenvalue weighted by molar-refractivity contribution is -0.129. The summed E-state index contributed by atoms with van der Waals surface area (Å²) in [6.07, 6.45) is 0.806. The van der Waals surface area contributed by atoms with Gasteiger partial charge in [-0.2, -0.15) is 0 Å². The smallest absolute Gasteiger partial charge is 0.227 e. The van der Waals surface area contributed by atoms with Gasteiger partial charge in [-0.15, -0.1) is 12.4 Å². The largest absolute Gasteiger partial charge is 0.496 e. The van der Waals surface area contributed by atoms with Crippen LogP contribution in [-0.4, -0.2) is 32.0 Å². The molecule has 0 bridgehead atoms. The molecule has 1 fully saturated rings. The molecule has 2 atom stereocenters. The maximum Gasteiger partial charge on any atom is 0.227 e. The number of rotatable bonds is 6. The summed E-state index contributed by atoms with van der Waals surface area (Å²) in [5, 5.41) is 2.89. The van der Waals surface area contributed by atoms with Crippen molar-refractivity contribution in [1.29, 1.82) is 0 Å². The van der Waals surface area contributed by atoms with E-state index in [0.717, 1.165) is 16.8 Å². The molecule has 2 aromatic rings. The van der Waals surface area contributed by atoms with Crippen molar-refractivity contribution in [2.24, 2.45) is 11.7 Å². The Labute approximate surface area is 177 Å². The number of ether oxygens (including phenoxy) is 1. The minimum absolute atomic E-state index is 0. The van der Waals surface area contributed by atoms with Crippen LogP contribution >= 0.6 is 12.4 Å². The molecule has 1 saturated heterocycles. The summed E-state index contributed by atoms with van der Waals surface area (Å²) in [4.78, 5) is 27.7. The first-order valence-electron chi connectivity index (χ1n) is 9.56. The molecule has 1 aliphatic heterocycles. The van der Waals surface area contributed by atoms with Crippen LogP contribution in [-0.2, 0) is 9.59 Å². The fourth-order valence-corrected chi connectivity index (χ4v) is 3.77. The van der Waals surface area contributed by atoms with Crippen molar-refractivity contribution in [2.75, 3.05) is 25.1 Å². The van der Waals surface area contributed by atoms with E-state index in [2.05, 4.69) is 5.32 Å². The van der Waals surface area contributed by atoms with Crippen molar-refractivity contribution < 1.29 is 14.3 Å². The van der Waals surface area contributed by atoms with E-state index in [0.29, 0.717) is 31.7 Å². The molecule has 1 aliphatic rings. The van der Waals surface area contributed by atoms with E-state index in [4.69, 9.17) is 10.5 Å². The van der Waals surface area contributed by atoms with E-state index < -0.39 is 6.04 Å². The number of para-hydroxylation sites is 1. The highest BCUT2D eigenvalue weighted by molar-refractivity contribution is 5.97. The van der Waals surface area contributed by atoms with Gasteiger partial charge in [-0.25, -0.2) is 0 Å². The van der Waals surface area contributed by atoms with Gasteiger partial charge in [0.1, 0.15) is 5.75 Å². The molecular weight excluding hydrogens is 390 g/mol. The van der Waals surface area contributed by atoms with Crippen molar-refractivity contribution in [2.45, 2.75) is 25.8 Å². The first-order valence-corrected chi connectivity index (χ1v) is 9.56. The van der Waals surface area contributed by atoms with Gasteiger partial charge in [-0.1, -0.05) is 35.9 Å². The number of carbonyl (C=O) groups is 2.